The van der Waals surface area contributed by atoms with Gasteiger partial charge in [-0.3, -0.25) is 4.79 Å². The van der Waals surface area contributed by atoms with Gasteiger partial charge in [0, 0.05) is 37.0 Å². The van der Waals surface area contributed by atoms with Gasteiger partial charge in [0.25, 0.3) is 0 Å². The predicted octanol–water partition coefficient (Wildman–Crippen LogP) is 1.06. The number of carbonyl (C=O) groups is 1. The summed E-state index contributed by atoms with van der Waals surface area (Å²) >= 11 is 0. The van der Waals surface area contributed by atoms with Crippen molar-refractivity contribution in [2.24, 2.45) is 5.92 Å². The van der Waals surface area contributed by atoms with E-state index in [1.807, 2.05) is 41.3 Å². The van der Waals surface area contributed by atoms with Crippen molar-refractivity contribution in [3.05, 3.63) is 42.1 Å². The van der Waals surface area contributed by atoms with E-state index in [4.69, 9.17) is 10.8 Å². The molecule has 1 fully saturated rings. The highest BCUT2D eigenvalue weighted by Gasteiger charge is 2.30. The summed E-state index contributed by atoms with van der Waals surface area (Å²) in [5.74, 6) is 1.11. The first-order chi connectivity index (χ1) is 11.7. The first-order valence-electron chi connectivity index (χ1n) is 7.99. The number of nitrogens with two attached hydrogens (primary N) is 1. The molecule has 0 aliphatic carbocycles. The molecule has 3 rings (SSSR count). The standard InChI is InChI=1S/C17H21N5O2/c18-17-20-13(10-15(21-17)19-6-7-23)8-12-9-16(24)22(11-12)14-4-2-1-3-5-14/h1-5,10,12,23H,6-9,11H2,(H3,18,19,20,21)/t12-/m1/s1. The molecule has 1 saturated heterocycles. The number of benzene rings is 1. The number of aromatic nitrogens is 2. The van der Waals surface area contributed by atoms with Crippen molar-refractivity contribution >= 4 is 23.4 Å². The molecule has 0 saturated carbocycles. The number of nitrogen functional groups attached to an aromatic ring is 1. The summed E-state index contributed by atoms with van der Waals surface area (Å²) in [4.78, 5) is 22.5. The van der Waals surface area contributed by atoms with Crippen LogP contribution in [0.1, 0.15) is 12.1 Å². The molecular weight excluding hydrogens is 306 g/mol. The molecule has 2 aromatic rings. The first kappa shape index (κ1) is 16.2. The Balaban J connectivity index is 1.69. The normalized spacial score (nSPS) is 17.3. The highest BCUT2D eigenvalue weighted by molar-refractivity contribution is 5.95. The minimum Gasteiger partial charge on any atom is -0.395 e. The molecule has 1 aromatic carbocycles. The molecule has 4 N–H and O–H groups in total. The van der Waals surface area contributed by atoms with Crippen LogP contribution in [-0.4, -0.2) is 40.7 Å². The summed E-state index contributed by atoms with van der Waals surface area (Å²) in [6.45, 7) is 1.09. The lowest BCUT2D eigenvalue weighted by atomic mass is 10.0. The molecule has 1 aliphatic heterocycles. The number of aliphatic hydroxyl groups is 1. The number of rotatable bonds is 6. The molecule has 0 bridgehead atoms. The van der Waals surface area contributed by atoms with E-state index in [0.717, 1.165) is 11.4 Å². The molecular formula is C17H21N5O2. The van der Waals surface area contributed by atoms with Gasteiger partial charge in [0.1, 0.15) is 5.82 Å². The molecule has 7 heteroatoms. The Kier molecular flexibility index (Phi) is 4.90. The number of aliphatic hydroxyl groups excluding tert-OH is 1. The second-order valence-electron chi connectivity index (χ2n) is 5.87. The number of amides is 1. The molecule has 1 atom stereocenters. The third-order valence-electron chi connectivity index (χ3n) is 3.99. The Morgan fingerprint density at radius 2 is 2.08 bits per heavy atom. The third-order valence-corrected chi connectivity index (χ3v) is 3.99. The number of nitrogens with one attached hydrogen (secondary N) is 1. The van der Waals surface area contributed by atoms with Crippen molar-refractivity contribution in [1.29, 1.82) is 0 Å². The fraction of sp³-hybridized carbons (Fsp3) is 0.353. The third kappa shape index (κ3) is 3.80. The lowest BCUT2D eigenvalue weighted by Gasteiger charge is -2.16. The fourth-order valence-corrected chi connectivity index (χ4v) is 2.97. The van der Waals surface area contributed by atoms with Gasteiger partial charge in [-0.25, -0.2) is 4.98 Å². The SMILES string of the molecule is Nc1nc(C[C@@H]2CC(=O)N(c3ccccc3)C2)cc(NCCO)n1. The van der Waals surface area contributed by atoms with Crippen LogP contribution in [0.15, 0.2) is 36.4 Å². The molecule has 2 heterocycles. The van der Waals surface area contributed by atoms with E-state index in [9.17, 15) is 4.79 Å². The van der Waals surface area contributed by atoms with Gasteiger partial charge >= 0.3 is 0 Å². The van der Waals surface area contributed by atoms with Crippen molar-refractivity contribution in [3.8, 4) is 0 Å². The van der Waals surface area contributed by atoms with E-state index in [-0.39, 0.29) is 24.4 Å². The average Bonchev–Trinajstić information content (AvgIpc) is 2.93. The van der Waals surface area contributed by atoms with E-state index in [1.54, 1.807) is 0 Å². The maximum atomic E-state index is 12.3. The first-order valence-corrected chi connectivity index (χ1v) is 7.99. The number of nitrogens with zero attached hydrogens (tertiary/aromatic N) is 3. The molecule has 126 valence electrons. The molecule has 1 aromatic heterocycles. The summed E-state index contributed by atoms with van der Waals surface area (Å²) in [5.41, 5.74) is 7.48. The zero-order valence-electron chi connectivity index (χ0n) is 13.4. The molecule has 1 aliphatic rings. The highest BCUT2D eigenvalue weighted by atomic mass is 16.3. The monoisotopic (exact) mass is 327 g/mol. The van der Waals surface area contributed by atoms with Crippen molar-refractivity contribution in [3.63, 3.8) is 0 Å². The van der Waals surface area contributed by atoms with Crippen molar-refractivity contribution in [2.45, 2.75) is 12.8 Å². The highest BCUT2D eigenvalue weighted by Crippen LogP contribution is 2.27. The van der Waals surface area contributed by atoms with E-state index in [1.165, 1.54) is 0 Å². The fourth-order valence-electron chi connectivity index (χ4n) is 2.97. The zero-order valence-corrected chi connectivity index (χ0v) is 13.4. The van der Waals surface area contributed by atoms with Gasteiger partial charge in [-0.2, -0.15) is 4.98 Å². The van der Waals surface area contributed by atoms with Crippen LogP contribution in [0.25, 0.3) is 0 Å². The van der Waals surface area contributed by atoms with E-state index in [2.05, 4.69) is 15.3 Å². The molecule has 0 unspecified atom stereocenters. The Morgan fingerprint density at radius 1 is 1.29 bits per heavy atom. The van der Waals surface area contributed by atoms with Crippen LogP contribution < -0.4 is 16.0 Å². The van der Waals surface area contributed by atoms with Gasteiger partial charge in [0.15, 0.2) is 0 Å². The largest absolute Gasteiger partial charge is 0.395 e. The summed E-state index contributed by atoms with van der Waals surface area (Å²) in [6, 6.07) is 11.5. The summed E-state index contributed by atoms with van der Waals surface area (Å²) in [7, 11) is 0. The van der Waals surface area contributed by atoms with E-state index < -0.39 is 0 Å². The zero-order chi connectivity index (χ0) is 16.9. The lowest BCUT2D eigenvalue weighted by Crippen LogP contribution is -2.24. The van der Waals surface area contributed by atoms with Gasteiger partial charge in [-0.05, 0) is 24.5 Å². The maximum absolute atomic E-state index is 12.3. The van der Waals surface area contributed by atoms with Crippen LogP contribution in [0.3, 0.4) is 0 Å². The topological polar surface area (TPSA) is 104 Å². The predicted molar refractivity (Wildman–Crippen MR) is 92.6 cm³/mol. The molecule has 1 amide bonds. The second-order valence-corrected chi connectivity index (χ2v) is 5.87. The summed E-state index contributed by atoms with van der Waals surface area (Å²) < 4.78 is 0. The van der Waals surface area contributed by atoms with Crippen LogP contribution in [0, 0.1) is 5.92 Å². The molecule has 0 spiro atoms. The second kappa shape index (κ2) is 7.27. The Morgan fingerprint density at radius 3 is 2.83 bits per heavy atom. The van der Waals surface area contributed by atoms with Crippen LogP contribution in [0.5, 0.6) is 0 Å². The van der Waals surface area contributed by atoms with Crippen LogP contribution in [0.2, 0.25) is 0 Å². The molecule has 7 nitrogen and oxygen atoms in total. The van der Waals surface area contributed by atoms with Gasteiger partial charge in [-0.15, -0.1) is 0 Å². The molecule has 24 heavy (non-hydrogen) atoms. The van der Waals surface area contributed by atoms with E-state index >= 15 is 0 Å². The Bertz CT molecular complexity index is 707. The van der Waals surface area contributed by atoms with Gasteiger partial charge in [0.2, 0.25) is 11.9 Å². The number of hydrogen-bond donors (Lipinski definition) is 3. The lowest BCUT2D eigenvalue weighted by molar-refractivity contribution is -0.117. The Hall–Kier alpha value is -2.67. The smallest absolute Gasteiger partial charge is 0.227 e. The van der Waals surface area contributed by atoms with Crippen molar-refractivity contribution < 1.29 is 9.90 Å². The summed E-state index contributed by atoms with van der Waals surface area (Å²) in [6.07, 6.45) is 1.16. The van der Waals surface area contributed by atoms with Crippen molar-refractivity contribution in [2.75, 3.05) is 35.6 Å². The maximum Gasteiger partial charge on any atom is 0.227 e. The average molecular weight is 327 g/mol. The van der Waals surface area contributed by atoms with Crippen LogP contribution >= 0.6 is 0 Å². The van der Waals surface area contributed by atoms with Gasteiger partial charge in [0.05, 0.1) is 6.61 Å². The number of para-hydroxylation sites is 1. The minimum absolute atomic E-state index is 0.0163. The Labute approximate surface area is 140 Å². The number of hydrogen-bond acceptors (Lipinski definition) is 6. The quantitative estimate of drug-likeness (QED) is 0.733. The minimum atomic E-state index is 0.0163. The van der Waals surface area contributed by atoms with Gasteiger partial charge < -0.3 is 21.1 Å². The number of carbonyl (C=O) groups excluding carboxylic acids is 1. The van der Waals surface area contributed by atoms with Crippen molar-refractivity contribution in [1.82, 2.24) is 9.97 Å². The van der Waals surface area contributed by atoms with Gasteiger partial charge in [-0.1, -0.05) is 18.2 Å². The summed E-state index contributed by atoms with van der Waals surface area (Å²) in [5, 5.41) is 11.9. The van der Waals surface area contributed by atoms with Crippen LogP contribution in [-0.2, 0) is 11.2 Å². The van der Waals surface area contributed by atoms with E-state index in [0.29, 0.717) is 31.7 Å². The molecule has 0 radical (unpaired) electrons. The number of anilines is 3. The van der Waals surface area contributed by atoms with Crippen LogP contribution in [0.4, 0.5) is 17.5 Å².